The molecule has 1 aliphatic heterocycles. The molecule has 0 saturated carbocycles. The van der Waals surface area contributed by atoms with Crippen LogP contribution >= 0.6 is 11.8 Å². The number of rotatable bonds is 7. The van der Waals surface area contributed by atoms with Gasteiger partial charge in [0, 0.05) is 17.1 Å². The van der Waals surface area contributed by atoms with Crippen molar-refractivity contribution in [3.63, 3.8) is 0 Å². The fourth-order valence-corrected chi connectivity index (χ4v) is 5.28. The monoisotopic (exact) mass is 400 g/mol. The Balaban J connectivity index is 1.67. The summed E-state index contributed by atoms with van der Waals surface area (Å²) in [6.45, 7) is 0. The van der Waals surface area contributed by atoms with E-state index in [4.69, 9.17) is 4.74 Å². The van der Waals surface area contributed by atoms with Gasteiger partial charge in [-0.25, -0.2) is 21.8 Å². The van der Waals surface area contributed by atoms with Crippen molar-refractivity contribution in [1.29, 1.82) is 0 Å². The Morgan fingerprint density at radius 3 is 2.36 bits per heavy atom. The molecule has 2 aromatic rings. The van der Waals surface area contributed by atoms with Gasteiger partial charge in [-0.1, -0.05) is 0 Å². The van der Waals surface area contributed by atoms with Gasteiger partial charge in [-0.2, -0.15) is 11.8 Å². The lowest BCUT2D eigenvalue weighted by Crippen LogP contribution is -2.10. The van der Waals surface area contributed by atoms with Gasteiger partial charge in [0.15, 0.2) is 9.84 Å². The van der Waals surface area contributed by atoms with Gasteiger partial charge in [-0.05, 0) is 30.3 Å². The highest BCUT2D eigenvalue weighted by Crippen LogP contribution is 2.33. The Hall–Kier alpha value is -1.78. The summed E-state index contributed by atoms with van der Waals surface area (Å²) >= 11 is 1.64. The van der Waals surface area contributed by atoms with E-state index in [1.54, 1.807) is 23.9 Å². The van der Waals surface area contributed by atoms with Crippen molar-refractivity contribution in [2.45, 2.75) is 10.1 Å². The summed E-state index contributed by atoms with van der Waals surface area (Å²) in [6.07, 6.45) is 2.39. The molecule has 10 heteroatoms. The molecular formula is C15H16N2O5S3. The van der Waals surface area contributed by atoms with Crippen molar-refractivity contribution in [3.8, 4) is 11.6 Å². The second-order valence-electron chi connectivity index (χ2n) is 5.57. The van der Waals surface area contributed by atoms with Gasteiger partial charge in [-0.3, -0.25) is 4.72 Å². The lowest BCUT2D eigenvalue weighted by atomic mass is 10.3. The number of nitrogens with zero attached hydrogens (tertiary/aromatic N) is 1. The summed E-state index contributed by atoms with van der Waals surface area (Å²) < 4.78 is 54.5. The molecule has 0 aliphatic carbocycles. The Kier molecular flexibility index (Phi) is 4.94. The van der Waals surface area contributed by atoms with Crippen molar-refractivity contribution < 1.29 is 21.6 Å². The predicted octanol–water partition coefficient (Wildman–Crippen LogP) is 2.13. The summed E-state index contributed by atoms with van der Waals surface area (Å²) in [5.41, 5.74) is 0.328. The first-order valence-electron chi connectivity index (χ1n) is 7.27. The zero-order valence-electron chi connectivity index (χ0n) is 13.2. The minimum atomic E-state index is -3.36. The van der Waals surface area contributed by atoms with Gasteiger partial charge >= 0.3 is 0 Å². The van der Waals surface area contributed by atoms with E-state index in [0.29, 0.717) is 11.4 Å². The quantitative estimate of drug-likeness (QED) is 0.710. The van der Waals surface area contributed by atoms with Crippen LogP contribution in [0.25, 0.3) is 0 Å². The fourth-order valence-electron chi connectivity index (χ4n) is 2.06. The van der Waals surface area contributed by atoms with E-state index in [2.05, 4.69) is 9.71 Å². The van der Waals surface area contributed by atoms with Gasteiger partial charge in [0.2, 0.25) is 15.9 Å². The van der Waals surface area contributed by atoms with Crippen LogP contribution in [-0.4, -0.2) is 44.8 Å². The number of hydrogen-bond acceptors (Lipinski definition) is 7. The lowest BCUT2D eigenvalue weighted by Gasteiger charge is -2.08. The van der Waals surface area contributed by atoms with Gasteiger partial charge < -0.3 is 4.74 Å². The maximum Gasteiger partial charge on any atom is 0.229 e. The number of hydrogen-bond donors (Lipinski definition) is 1. The number of ether oxygens (including phenoxy) is 1. The number of benzene rings is 1. The molecule has 134 valence electrons. The predicted molar refractivity (Wildman–Crippen MR) is 97.5 cm³/mol. The minimum absolute atomic E-state index is 0.161. The van der Waals surface area contributed by atoms with E-state index in [1.165, 1.54) is 30.5 Å². The van der Waals surface area contributed by atoms with Crippen LogP contribution < -0.4 is 9.46 Å². The molecule has 0 spiro atoms. The molecule has 1 aliphatic rings. The normalized spacial score (nSPS) is 17.1. The molecule has 7 nitrogen and oxygen atoms in total. The molecule has 1 fully saturated rings. The number of sulfonamides is 1. The molecule has 1 N–H and O–H groups in total. The number of nitrogens with one attached hydrogen (secondary N) is 1. The topological polar surface area (TPSA) is 102 Å². The third-order valence-electron chi connectivity index (χ3n) is 3.25. The van der Waals surface area contributed by atoms with Crippen LogP contribution in [0.4, 0.5) is 5.69 Å². The van der Waals surface area contributed by atoms with Crippen molar-refractivity contribution in [3.05, 3.63) is 42.6 Å². The summed E-state index contributed by atoms with van der Waals surface area (Å²) in [5.74, 6) is 1.77. The smallest absolute Gasteiger partial charge is 0.229 e. The van der Waals surface area contributed by atoms with Crippen LogP contribution in [0.15, 0.2) is 47.5 Å². The largest absolute Gasteiger partial charge is 0.439 e. The molecule has 1 saturated heterocycles. The Morgan fingerprint density at radius 2 is 1.84 bits per heavy atom. The average molecular weight is 401 g/mol. The van der Waals surface area contributed by atoms with E-state index in [9.17, 15) is 16.8 Å². The summed E-state index contributed by atoms with van der Waals surface area (Å²) in [5, 5.41) is 0.212. The number of thioether (sulfide) groups is 1. The number of anilines is 1. The molecule has 0 unspecified atom stereocenters. The van der Waals surface area contributed by atoms with Crippen LogP contribution in [0.3, 0.4) is 0 Å². The number of pyridine rings is 1. The second-order valence-corrected chi connectivity index (χ2v) is 10.7. The van der Waals surface area contributed by atoms with E-state index in [-0.39, 0.29) is 21.8 Å². The fraction of sp³-hybridized carbons (Fsp3) is 0.267. The molecule has 1 aromatic heterocycles. The van der Waals surface area contributed by atoms with Crippen LogP contribution in [0, 0.1) is 0 Å². The maximum atomic E-state index is 12.2. The van der Waals surface area contributed by atoms with Crippen molar-refractivity contribution in [2.24, 2.45) is 0 Å². The third-order valence-corrected chi connectivity index (χ3v) is 6.87. The zero-order chi connectivity index (χ0) is 18.1. The number of aromatic nitrogens is 1. The van der Waals surface area contributed by atoms with Crippen molar-refractivity contribution in [2.75, 3.05) is 22.5 Å². The van der Waals surface area contributed by atoms with Crippen LogP contribution in [0.1, 0.15) is 0 Å². The Labute approximate surface area is 150 Å². The second kappa shape index (κ2) is 6.85. The molecule has 0 amide bonds. The van der Waals surface area contributed by atoms with Crippen LogP contribution in [0.5, 0.6) is 11.6 Å². The van der Waals surface area contributed by atoms with E-state index in [1.807, 2.05) is 0 Å². The highest BCUT2D eigenvalue weighted by molar-refractivity contribution is 8.08. The molecule has 25 heavy (non-hydrogen) atoms. The van der Waals surface area contributed by atoms with Crippen molar-refractivity contribution in [1.82, 2.24) is 4.98 Å². The zero-order valence-corrected chi connectivity index (χ0v) is 15.7. The standard InChI is InChI=1S/C15H16N2O5S3/c1-24(18,19)17-11-2-7-15(16-8-11)22-12-3-5-14(6-4-12)25(20,21)10-13-9-23-13/h2-8,13,17H,9-10H2,1H3/t13-/m1/s1. The minimum Gasteiger partial charge on any atom is -0.439 e. The summed E-state index contributed by atoms with van der Waals surface area (Å²) in [4.78, 5) is 4.28. The third kappa shape index (κ3) is 5.35. The van der Waals surface area contributed by atoms with E-state index < -0.39 is 19.9 Å². The molecule has 1 aromatic carbocycles. The molecular weight excluding hydrogens is 384 g/mol. The number of sulfone groups is 1. The van der Waals surface area contributed by atoms with Gasteiger partial charge in [0.1, 0.15) is 5.75 Å². The van der Waals surface area contributed by atoms with E-state index >= 15 is 0 Å². The van der Waals surface area contributed by atoms with Gasteiger partial charge in [-0.15, -0.1) is 0 Å². The Bertz CT molecular complexity index is 951. The Morgan fingerprint density at radius 1 is 1.16 bits per heavy atom. The summed E-state index contributed by atoms with van der Waals surface area (Å²) in [7, 11) is -6.63. The van der Waals surface area contributed by atoms with Gasteiger partial charge in [0.25, 0.3) is 0 Å². The van der Waals surface area contributed by atoms with Crippen LogP contribution in [-0.2, 0) is 19.9 Å². The molecule has 3 rings (SSSR count). The van der Waals surface area contributed by atoms with Crippen LogP contribution in [0.2, 0.25) is 0 Å². The highest BCUT2D eigenvalue weighted by atomic mass is 32.2. The SMILES string of the molecule is CS(=O)(=O)Nc1ccc(Oc2ccc(S(=O)(=O)C[C@H]3CS3)cc2)nc1. The molecule has 1 atom stereocenters. The molecule has 0 radical (unpaired) electrons. The lowest BCUT2D eigenvalue weighted by molar-refractivity contribution is 0.462. The van der Waals surface area contributed by atoms with E-state index in [0.717, 1.165) is 12.0 Å². The average Bonchev–Trinajstić information content (AvgIpc) is 3.32. The first kappa shape index (κ1) is 18.0. The van der Waals surface area contributed by atoms with Crippen molar-refractivity contribution >= 4 is 37.3 Å². The maximum absolute atomic E-state index is 12.2. The highest BCUT2D eigenvalue weighted by Gasteiger charge is 2.29. The first-order valence-corrected chi connectivity index (χ1v) is 11.9. The summed E-state index contributed by atoms with van der Waals surface area (Å²) in [6, 6.07) is 9.20. The first-order chi connectivity index (χ1) is 11.7. The molecule has 2 heterocycles. The molecule has 0 bridgehead atoms. The van der Waals surface area contributed by atoms with Gasteiger partial charge in [0.05, 0.1) is 28.8 Å².